The molecule has 0 N–H and O–H groups in total. The van der Waals surface area contributed by atoms with Gasteiger partial charge in [-0.05, 0) is 18.6 Å². The number of rotatable bonds is 0. The van der Waals surface area contributed by atoms with Gasteiger partial charge in [0.15, 0.2) is 0 Å². The first kappa shape index (κ1) is 5.54. The third-order valence-corrected chi connectivity index (χ3v) is 1.61. The van der Waals surface area contributed by atoms with Gasteiger partial charge in [-0.3, -0.25) is 0 Å². The van der Waals surface area contributed by atoms with Crippen LogP contribution < -0.4 is 0 Å². The highest BCUT2D eigenvalue weighted by Gasteiger charge is 1.89. The molecule has 0 radical (unpaired) electrons. The van der Waals surface area contributed by atoms with E-state index in [0.29, 0.717) is 0 Å². The Balaban J connectivity index is 3.03. The van der Waals surface area contributed by atoms with E-state index >= 15 is 0 Å². The normalized spacial score (nSPS) is 25.6. The summed E-state index contributed by atoms with van der Waals surface area (Å²) in [6, 6.07) is 0. The Kier molecular flexibility index (Phi) is 1.47. The Hall–Kier alpha value is -0.590. The van der Waals surface area contributed by atoms with Crippen molar-refractivity contribution < 1.29 is 4.21 Å². The van der Waals surface area contributed by atoms with E-state index < -0.39 is 10.8 Å². The van der Waals surface area contributed by atoms with Crippen LogP contribution in [0, 0.1) is 0 Å². The summed E-state index contributed by atoms with van der Waals surface area (Å²) in [6.45, 7) is 1.92. The van der Waals surface area contributed by atoms with Gasteiger partial charge in [0.25, 0.3) is 0 Å². The first-order valence-electron chi connectivity index (χ1n) is 2.30. The molecule has 0 aromatic rings. The highest BCUT2D eigenvalue weighted by molar-refractivity contribution is 7.90. The largest absolute Gasteiger partial charge is 0.250 e. The van der Waals surface area contributed by atoms with Gasteiger partial charge in [-0.15, -0.1) is 5.73 Å². The molecule has 0 fully saturated rings. The molecule has 0 saturated heterocycles. The quantitative estimate of drug-likeness (QED) is 0.447. The van der Waals surface area contributed by atoms with E-state index in [9.17, 15) is 4.21 Å². The Morgan fingerprint density at radius 3 is 2.88 bits per heavy atom. The van der Waals surface area contributed by atoms with E-state index in [1.807, 2.05) is 6.92 Å². The maximum atomic E-state index is 10.5. The van der Waals surface area contributed by atoms with Crippen molar-refractivity contribution in [2.45, 2.75) is 6.92 Å². The first-order valence-corrected chi connectivity index (χ1v) is 3.57. The molecular weight excluding hydrogens is 120 g/mol. The standard InChI is InChI=1S/C6H6OS/c1-6-2-4-8(7)5-3-6/h2,4-5H,1H3. The van der Waals surface area contributed by atoms with Crippen molar-refractivity contribution in [1.29, 1.82) is 0 Å². The van der Waals surface area contributed by atoms with Gasteiger partial charge in [0.05, 0.1) is 10.8 Å². The van der Waals surface area contributed by atoms with Gasteiger partial charge in [0.1, 0.15) is 0 Å². The van der Waals surface area contributed by atoms with Crippen LogP contribution in [0.25, 0.3) is 0 Å². The zero-order chi connectivity index (χ0) is 5.98. The SMILES string of the molecule is CC1=C=CS(=O)C=C1. The maximum Gasteiger partial charge on any atom is 0.0781 e. The fourth-order valence-corrected chi connectivity index (χ4v) is 1.13. The molecule has 0 saturated carbocycles. The molecule has 0 bridgehead atoms. The molecule has 0 aliphatic carbocycles. The van der Waals surface area contributed by atoms with Crippen molar-refractivity contribution >= 4 is 10.8 Å². The lowest BCUT2D eigenvalue weighted by molar-refractivity contribution is 0.693. The molecule has 1 rings (SSSR count). The first-order chi connectivity index (χ1) is 3.79. The van der Waals surface area contributed by atoms with E-state index in [0.717, 1.165) is 5.57 Å². The van der Waals surface area contributed by atoms with Crippen molar-refractivity contribution in [3.8, 4) is 0 Å². The van der Waals surface area contributed by atoms with Crippen LogP contribution >= 0.6 is 0 Å². The highest BCUT2D eigenvalue weighted by atomic mass is 32.2. The van der Waals surface area contributed by atoms with Crippen molar-refractivity contribution in [1.82, 2.24) is 0 Å². The molecule has 2 heteroatoms. The lowest BCUT2D eigenvalue weighted by Crippen LogP contribution is -1.79. The summed E-state index contributed by atoms with van der Waals surface area (Å²) in [5.41, 5.74) is 3.87. The number of allylic oxidation sites excluding steroid dienone is 2. The summed E-state index contributed by atoms with van der Waals surface area (Å²) in [5.74, 6) is 0. The molecular formula is C6H6OS. The second-order valence-corrected chi connectivity index (χ2v) is 2.74. The van der Waals surface area contributed by atoms with Gasteiger partial charge in [0, 0.05) is 10.8 Å². The van der Waals surface area contributed by atoms with E-state index in [4.69, 9.17) is 0 Å². The fraction of sp³-hybridized carbons (Fsp3) is 0.167. The average molecular weight is 126 g/mol. The lowest BCUT2D eigenvalue weighted by Gasteiger charge is -1.88. The van der Waals surface area contributed by atoms with E-state index in [1.165, 1.54) is 0 Å². The van der Waals surface area contributed by atoms with Crippen LogP contribution in [0.5, 0.6) is 0 Å². The van der Waals surface area contributed by atoms with Gasteiger partial charge in [-0.1, -0.05) is 0 Å². The fourth-order valence-electron chi connectivity index (χ4n) is 0.408. The molecule has 1 heterocycles. The molecule has 0 amide bonds. The lowest BCUT2D eigenvalue weighted by atomic mass is 10.3. The molecule has 0 aromatic carbocycles. The minimum Gasteiger partial charge on any atom is -0.250 e. The minimum absolute atomic E-state index is 0.898. The van der Waals surface area contributed by atoms with Crippen LogP contribution in [-0.4, -0.2) is 4.21 Å². The molecule has 0 spiro atoms. The minimum atomic E-state index is -0.898. The van der Waals surface area contributed by atoms with Crippen LogP contribution in [-0.2, 0) is 10.8 Å². The molecule has 0 aromatic heterocycles. The van der Waals surface area contributed by atoms with Gasteiger partial charge in [-0.2, -0.15) is 0 Å². The second-order valence-electron chi connectivity index (χ2n) is 1.58. The highest BCUT2D eigenvalue weighted by Crippen LogP contribution is 2.00. The monoisotopic (exact) mass is 126 g/mol. The van der Waals surface area contributed by atoms with Crippen LogP contribution in [0.15, 0.2) is 28.2 Å². The molecule has 1 nitrogen and oxygen atoms in total. The molecule has 8 heavy (non-hydrogen) atoms. The molecule has 42 valence electrons. The molecule has 1 atom stereocenters. The van der Waals surface area contributed by atoms with Crippen molar-refractivity contribution in [3.05, 3.63) is 28.2 Å². The zero-order valence-electron chi connectivity index (χ0n) is 4.55. The van der Waals surface area contributed by atoms with Crippen LogP contribution in [0.1, 0.15) is 6.92 Å². The van der Waals surface area contributed by atoms with Gasteiger partial charge >= 0.3 is 0 Å². The third kappa shape index (κ3) is 1.19. The van der Waals surface area contributed by atoms with E-state index in [-0.39, 0.29) is 0 Å². The van der Waals surface area contributed by atoms with Crippen LogP contribution in [0.4, 0.5) is 0 Å². The Labute approximate surface area is 50.9 Å². The van der Waals surface area contributed by atoms with Crippen molar-refractivity contribution in [2.24, 2.45) is 0 Å². The average Bonchev–Trinajstić information content (AvgIpc) is 1.77. The smallest absolute Gasteiger partial charge is 0.0781 e. The zero-order valence-corrected chi connectivity index (χ0v) is 5.37. The maximum absolute atomic E-state index is 10.5. The molecule has 1 aliphatic heterocycles. The molecule has 1 aliphatic rings. The Bertz CT molecular complexity index is 207. The van der Waals surface area contributed by atoms with Crippen molar-refractivity contribution in [2.75, 3.05) is 0 Å². The third-order valence-electron chi connectivity index (χ3n) is 0.855. The summed E-state index contributed by atoms with van der Waals surface area (Å²) in [5, 5.41) is 3.20. The predicted molar refractivity (Wildman–Crippen MR) is 34.6 cm³/mol. The van der Waals surface area contributed by atoms with Gasteiger partial charge in [0.2, 0.25) is 0 Å². The number of hydrogen-bond donors (Lipinski definition) is 0. The van der Waals surface area contributed by atoms with Crippen LogP contribution in [0.2, 0.25) is 0 Å². The Morgan fingerprint density at radius 2 is 2.50 bits per heavy atom. The van der Waals surface area contributed by atoms with Gasteiger partial charge in [-0.25, -0.2) is 4.21 Å². The number of hydrogen-bond acceptors (Lipinski definition) is 1. The van der Waals surface area contributed by atoms with Gasteiger partial charge < -0.3 is 0 Å². The Morgan fingerprint density at radius 1 is 1.75 bits per heavy atom. The van der Waals surface area contributed by atoms with Crippen LogP contribution in [0.3, 0.4) is 0 Å². The van der Waals surface area contributed by atoms with E-state index in [1.54, 1.807) is 16.9 Å². The topological polar surface area (TPSA) is 17.1 Å². The van der Waals surface area contributed by atoms with E-state index in [2.05, 4.69) is 5.73 Å². The second kappa shape index (κ2) is 2.12. The van der Waals surface area contributed by atoms with Crippen molar-refractivity contribution in [3.63, 3.8) is 0 Å². The summed E-state index contributed by atoms with van der Waals surface area (Å²) in [4.78, 5) is 0. The summed E-state index contributed by atoms with van der Waals surface area (Å²) in [7, 11) is -0.898. The summed E-state index contributed by atoms with van der Waals surface area (Å²) in [6.07, 6.45) is 1.80. The summed E-state index contributed by atoms with van der Waals surface area (Å²) >= 11 is 0. The molecule has 1 unspecified atom stereocenters. The predicted octanol–water partition coefficient (Wildman–Crippen LogP) is 1.32. The summed E-state index contributed by atoms with van der Waals surface area (Å²) < 4.78 is 10.5.